The minimum absolute atomic E-state index is 0.00929. The van der Waals surface area contributed by atoms with E-state index >= 15 is 0 Å². The number of carbonyl (C=O) groups excluding carboxylic acids is 1. The zero-order valence-corrected chi connectivity index (χ0v) is 15.5. The predicted octanol–water partition coefficient (Wildman–Crippen LogP) is 4.65. The van der Waals surface area contributed by atoms with E-state index in [1.165, 1.54) is 31.4 Å². The van der Waals surface area contributed by atoms with Gasteiger partial charge >= 0.3 is 12.3 Å². The maximum absolute atomic E-state index is 12.2. The molecule has 0 N–H and O–H groups in total. The molecular formula is C18H12ClF3N2O5. The second kappa shape index (κ2) is 8.39. The third-order valence-corrected chi connectivity index (χ3v) is 3.76. The van der Waals surface area contributed by atoms with Crippen molar-refractivity contribution in [2.24, 2.45) is 0 Å². The van der Waals surface area contributed by atoms with Crippen LogP contribution in [0.25, 0.3) is 11.4 Å². The number of hydrogen-bond acceptors (Lipinski definition) is 7. The Bertz CT molecular complexity index is 1010. The highest BCUT2D eigenvalue weighted by Crippen LogP contribution is 2.26. The van der Waals surface area contributed by atoms with Crippen molar-refractivity contribution in [2.75, 3.05) is 7.11 Å². The molecule has 0 atom stereocenters. The van der Waals surface area contributed by atoms with E-state index in [1.54, 1.807) is 6.07 Å². The van der Waals surface area contributed by atoms with Gasteiger partial charge in [0, 0.05) is 10.6 Å². The minimum Gasteiger partial charge on any atom is -0.496 e. The lowest BCUT2D eigenvalue weighted by Crippen LogP contribution is -2.16. The van der Waals surface area contributed by atoms with Gasteiger partial charge in [-0.15, -0.1) is 13.2 Å². The van der Waals surface area contributed by atoms with Crippen molar-refractivity contribution in [2.45, 2.75) is 13.0 Å². The number of benzene rings is 2. The number of methoxy groups -OCH3 is 1. The normalized spacial score (nSPS) is 11.2. The third kappa shape index (κ3) is 5.38. The molecule has 29 heavy (non-hydrogen) atoms. The van der Waals surface area contributed by atoms with Gasteiger partial charge < -0.3 is 18.7 Å². The topological polar surface area (TPSA) is 83.7 Å². The number of esters is 1. The van der Waals surface area contributed by atoms with Gasteiger partial charge in [0.15, 0.2) is 6.61 Å². The summed E-state index contributed by atoms with van der Waals surface area (Å²) in [5, 5.41) is 4.03. The highest BCUT2D eigenvalue weighted by Gasteiger charge is 2.31. The first-order chi connectivity index (χ1) is 13.7. The van der Waals surface area contributed by atoms with Crippen LogP contribution in [-0.4, -0.2) is 29.6 Å². The maximum atomic E-state index is 12.2. The van der Waals surface area contributed by atoms with Gasteiger partial charge in [-0.05, 0) is 42.5 Å². The summed E-state index contributed by atoms with van der Waals surface area (Å²) in [5.74, 6) is -0.709. The summed E-state index contributed by atoms with van der Waals surface area (Å²) in [6, 6.07) is 9.38. The van der Waals surface area contributed by atoms with Crippen LogP contribution in [-0.2, 0) is 11.3 Å². The molecule has 11 heteroatoms. The van der Waals surface area contributed by atoms with E-state index in [4.69, 9.17) is 25.6 Å². The van der Waals surface area contributed by atoms with E-state index in [1.807, 2.05) is 0 Å². The molecule has 0 amide bonds. The molecular weight excluding hydrogens is 417 g/mol. The monoisotopic (exact) mass is 428 g/mol. The quantitative estimate of drug-likeness (QED) is 0.528. The third-order valence-electron chi connectivity index (χ3n) is 3.52. The molecule has 0 saturated carbocycles. The second-order valence-electron chi connectivity index (χ2n) is 5.50. The van der Waals surface area contributed by atoms with Gasteiger partial charge in [-0.1, -0.05) is 16.8 Å². The van der Waals surface area contributed by atoms with Gasteiger partial charge in [0.1, 0.15) is 17.1 Å². The molecule has 0 aliphatic carbocycles. The van der Waals surface area contributed by atoms with E-state index in [-0.39, 0.29) is 35.4 Å². The summed E-state index contributed by atoms with van der Waals surface area (Å²) in [5.41, 5.74) is 0.511. The van der Waals surface area contributed by atoms with Crippen molar-refractivity contribution < 1.29 is 36.7 Å². The van der Waals surface area contributed by atoms with E-state index < -0.39 is 12.3 Å². The van der Waals surface area contributed by atoms with Gasteiger partial charge in [-0.3, -0.25) is 0 Å². The van der Waals surface area contributed by atoms with Crippen LogP contribution in [0.1, 0.15) is 16.2 Å². The summed E-state index contributed by atoms with van der Waals surface area (Å²) in [4.78, 5) is 16.3. The fourth-order valence-electron chi connectivity index (χ4n) is 2.28. The lowest BCUT2D eigenvalue weighted by molar-refractivity contribution is -0.274. The number of hydrogen-bond donors (Lipinski definition) is 0. The average Bonchev–Trinajstić information content (AvgIpc) is 3.14. The fraction of sp³-hybridized carbons (Fsp3) is 0.167. The first-order valence-electron chi connectivity index (χ1n) is 7.94. The smallest absolute Gasteiger partial charge is 0.496 e. The number of halogens is 4. The Hall–Kier alpha value is -3.27. The van der Waals surface area contributed by atoms with Crippen LogP contribution in [0.5, 0.6) is 11.5 Å². The van der Waals surface area contributed by atoms with Gasteiger partial charge in [0.25, 0.3) is 5.89 Å². The number of aromatic nitrogens is 2. The largest absolute Gasteiger partial charge is 0.573 e. The molecule has 1 aromatic heterocycles. The summed E-state index contributed by atoms with van der Waals surface area (Å²) in [7, 11) is 1.40. The van der Waals surface area contributed by atoms with E-state index in [9.17, 15) is 18.0 Å². The maximum Gasteiger partial charge on any atom is 0.573 e. The summed E-state index contributed by atoms with van der Waals surface area (Å²) in [6.45, 7) is -0.323. The summed E-state index contributed by atoms with van der Waals surface area (Å²) in [6.07, 6.45) is -4.78. The van der Waals surface area contributed by atoms with Crippen molar-refractivity contribution in [3.63, 3.8) is 0 Å². The molecule has 0 radical (unpaired) electrons. The van der Waals surface area contributed by atoms with Crippen LogP contribution in [0.3, 0.4) is 0 Å². The Morgan fingerprint density at radius 3 is 2.55 bits per heavy atom. The standard InChI is InChI=1S/C18H12ClF3N2O5/c1-26-14-7-4-11(19)8-13(14)17(25)27-9-15-23-16(24-29-15)10-2-5-12(6-3-10)28-18(20,21)22/h2-8H,9H2,1H3. The van der Waals surface area contributed by atoms with Crippen LogP contribution in [0.15, 0.2) is 47.0 Å². The molecule has 0 fully saturated rings. The molecule has 3 aromatic rings. The van der Waals surface area contributed by atoms with Crippen LogP contribution in [0, 0.1) is 0 Å². The summed E-state index contributed by atoms with van der Waals surface area (Å²) < 4.78 is 55.6. The molecule has 0 saturated heterocycles. The molecule has 1 heterocycles. The SMILES string of the molecule is COc1ccc(Cl)cc1C(=O)OCc1nc(-c2ccc(OC(F)(F)F)cc2)no1. The molecule has 3 rings (SSSR count). The van der Waals surface area contributed by atoms with E-state index in [0.717, 1.165) is 12.1 Å². The number of nitrogens with zero attached hydrogens (tertiary/aromatic N) is 2. The Labute approximate surface area is 166 Å². The number of carbonyl (C=O) groups is 1. The Morgan fingerprint density at radius 1 is 1.17 bits per heavy atom. The second-order valence-corrected chi connectivity index (χ2v) is 5.94. The Balaban J connectivity index is 1.65. The molecule has 0 aliphatic rings. The van der Waals surface area contributed by atoms with Crippen molar-refractivity contribution in [3.8, 4) is 22.9 Å². The van der Waals surface area contributed by atoms with Gasteiger partial charge in [-0.25, -0.2) is 4.79 Å². The molecule has 0 spiro atoms. The first kappa shape index (κ1) is 20.5. The van der Waals surface area contributed by atoms with Crippen LogP contribution in [0.4, 0.5) is 13.2 Å². The van der Waals surface area contributed by atoms with Crippen LogP contribution in [0.2, 0.25) is 5.02 Å². The Kier molecular flexibility index (Phi) is 5.92. The zero-order chi connectivity index (χ0) is 21.0. The predicted molar refractivity (Wildman–Crippen MR) is 93.5 cm³/mol. The van der Waals surface area contributed by atoms with E-state index in [2.05, 4.69) is 14.9 Å². The van der Waals surface area contributed by atoms with Crippen LogP contribution < -0.4 is 9.47 Å². The Morgan fingerprint density at radius 2 is 1.90 bits per heavy atom. The molecule has 0 unspecified atom stereocenters. The number of ether oxygens (including phenoxy) is 3. The molecule has 0 aliphatic heterocycles. The highest BCUT2D eigenvalue weighted by molar-refractivity contribution is 6.31. The van der Waals surface area contributed by atoms with Gasteiger partial charge in [-0.2, -0.15) is 4.98 Å². The molecule has 0 bridgehead atoms. The number of rotatable bonds is 6. The number of alkyl halides is 3. The molecule has 2 aromatic carbocycles. The minimum atomic E-state index is -4.78. The van der Waals surface area contributed by atoms with Crippen molar-refractivity contribution in [1.82, 2.24) is 10.1 Å². The van der Waals surface area contributed by atoms with Crippen LogP contribution >= 0.6 is 11.6 Å². The fourth-order valence-corrected chi connectivity index (χ4v) is 2.45. The highest BCUT2D eigenvalue weighted by atomic mass is 35.5. The van der Waals surface area contributed by atoms with Gasteiger partial charge in [0.05, 0.1) is 7.11 Å². The average molecular weight is 429 g/mol. The molecule has 7 nitrogen and oxygen atoms in total. The van der Waals surface area contributed by atoms with E-state index in [0.29, 0.717) is 10.6 Å². The zero-order valence-electron chi connectivity index (χ0n) is 14.7. The van der Waals surface area contributed by atoms with Crippen molar-refractivity contribution in [3.05, 3.63) is 58.9 Å². The summed E-state index contributed by atoms with van der Waals surface area (Å²) >= 11 is 5.88. The van der Waals surface area contributed by atoms with Crippen molar-refractivity contribution >= 4 is 17.6 Å². The van der Waals surface area contributed by atoms with Crippen molar-refractivity contribution in [1.29, 1.82) is 0 Å². The first-order valence-corrected chi connectivity index (χ1v) is 8.32. The lowest BCUT2D eigenvalue weighted by atomic mass is 10.2. The lowest BCUT2D eigenvalue weighted by Gasteiger charge is -2.08. The molecule has 152 valence electrons. The van der Waals surface area contributed by atoms with Gasteiger partial charge in [0.2, 0.25) is 5.82 Å².